The van der Waals surface area contributed by atoms with Crippen molar-refractivity contribution in [3.8, 4) is 11.1 Å². The van der Waals surface area contributed by atoms with Gasteiger partial charge in [0, 0.05) is 11.6 Å². The predicted octanol–water partition coefficient (Wildman–Crippen LogP) is 4.78. The molecule has 11 nitrogen and oxygen atoms in total. The molecule has 0 heterocycles. The average Bonchev–Trinajstić information content (AvgIpc) is 3.35. The van der Waals surface area contributed by atoms with Gasteiger partial charge in [-0.2, -0.15) is 0 Å². The molecule has 45 heavy (non-hydrogen) atoms. The third-order valence-corrected chi connectivity index (χ3v) is 7.36. The lowest BCUT2D eigenvalue weighted by Crippen LogP contribution is -2.52. The largest absolute Gasteiger partial charge is 0.447 e. The molecule has 0 unspecified atom stereocenters. The molecule has 3 aromatic carbocycles. The van der Waals surface area contributed by atoms with Crippen molar-refractivity contribution in [2.45, 2.75) is 58.2 Å². The van der Waals surface area contributed by atoms with Crippen molar-refractivity contribution in [3.05, 3.63) is 95.9 Å². The number of nitrogens with one attached hydrogen (secondary N) is 4. The van der Waals surface area contributed by atoms with Crippen molar-refractivity contribution < 1.29 is 28.7 Å². The first-order valence-corrected chi connectivity index (χ1v) is 14.9. The number of hydrazine groups is 1. The number of benzene rings is 3. The topological polar surface area (TPSA) is 161 Å². The van der Waals surface area contributed by atoms with E-state index in [1.165, 1.54) is 0 Å². The van der Waals surface area contributed by atoms with Crippen LogP contribution in [0.2, 0.25) is 0 Å². The summed E-state index contributed by atoms with van der Waals surface area (Å²) in [6.45, 7) is 5.76. The first kappa shape index (κ1) is 33.0. The number of hydrogen-bond acceptors (Lipinski definition) is 7. The fourth-order valence-electron chi connectivity index (χ4n) is 5.17. The van der Waals surface area contributed by atoms with E-state index < -0.39 is 30.2 Å². The van der Waals surface area contributed by atoms with Crippen LogP contribution in [0.4, 0.5) is 15.3 Å². The lowest BCUT2D eigenvalue weighted by atomic mass is 9.98. The maximum absolute atomic E-state index is 12.8. The second-order valence-electron chi connectivity index (χ2n) is 11.3. The van der Waals surface area contributed by atoms with E-state index in [9.17, 15) is 19.2 Å². The van der Waals surface area contributed by atoms with Gasteiger partial charge < -0.3 is 25.8 Å². The van der Waals surface area contributed by atoms with Crippen molar-refractivity contribution in [3.63, 3.8) is 0 Å². The van der Waals surface area contributed by atoms with E-state index in [-0.39, 0.29) is 31.5 Å². The Kier molecular flexibility index (Phi) is 11.5. The maximum Gasteiger partial charge on any atom is 0.426 e. The first-order chi connectivity index (χ1) is 21.7. The normalized spacial score (nSPS) is 13.2. The number of alkyl carbamates (subject to hydrolysis) is 1. The summed E-state index contributed by atoms with van der Waals surface area (Å²) < 4.78 is 10.7. The number of fused-ring (bicyclic) bond motifs is 3. The summed E-state index contributed by atoms with van der Waals surface area (Å²) in [5, 5.41) is 5.28. The molecule has 1 aliphatic carbocycles. The number of nitrogens with two attached hydrogens (primary N) is 1. The number of anilines is 1. The van der Waals surface area contributed by atoms with Gasteiger partial charge in [0.2, 0.25) is 5.91 Å². The fourth-order valence-corrected chi connectivity index (χ4v) is 5.17. The number of ether oxygens (including phenoxy) is 2. The van der Waals surface area contributed by atoms with Crippen LogP contribution in [0.1, 0.15) is 56.2 Å². The Morgan fingerprint density at radius 3 is 2.04 bits per heavy atom. The van der Waals surface area contributed by atoms with Crippen LogP contribution in [0.3, 0.4) is 0 Å². The van der Waals surface area contributed by atoms with Gasteiger partial charge in [-0.3, -0.25) is 15.0 Å². The van der Waals surface area contributed by atoms with Gasteiger partial charge in [0.15, 0.2) is 0 Å². The Morgan fingerprint density at radius 1 is 0.822 bits per heavy atom. The molecule has 4 rings (SSSR count). The Balaban J connectivity index is 1.21. The van der Waals surface area contributed by atoms with Crippen molar-refractivity contribution in [1.82, 2.24) is 16.2 Å². The third kappa shape index (κ3) is 9.05. The van der Waals surface area contributed by atoms with Crippen molar-refractivity contribution in [1.29, 1.82) is 0 Å². The number of carbonyl (C=O) groups excluding carboxylic acids is 4. The number of hydrogen-bond donors (Lipinski definition) is 5. The van der Waals surface area contributed by atoms with E-state index in [0.29, 0.717) is 23.6 Å². The van der Waals surface area contributed by atoms with E-state index >= 15 is 0 Å². The van der Waals surface area contributed by atoms with Gasteiger partial charge in [0.25, 0.3) is 5.91 Å². The average molecular weight is 615 g/mol. The molecule has 237 valence electrons. The summed E-state index contributed by atoms with van der Waals surface area (Å²) in [4.78, 5) is 49.9. The Morgan fingerprint density at radius 2 is 1.44 bits per heavy atom. The van der Waals surface area contributed by atoms with E-state index in [2.05, 4.69) is 21.5 Å². The molecule has 3 aromatic rings. The maximum atomic E-state index is 12.8. The van der Waals surface area contributed by atoms with Crippen LogP contribution in [0.5, 0.6) is 0 Å². The van der Waals surface area contributed by atoms with Gasteiger partial charge in [-0.15, -0.1) is 0 Å². The lowest BCUT2D eigenvalue weighted by molar-refractivity contribution is -0.124. The van der Waals surface area contributed by atoms with E-state index in [4.69, 9.17) is 15.2 Å². The van der Waals surface area contributed by atoms with Crippen LogP contribution in [-0.2, 0) is 25.7 Å². The van der Waals surface area contributed by atoms with E-state index in [0.717, 1.165) is 22.3 Å². The predicted molar refractivity (Wildman–Crippen MR) is 171 cm³/mol. The van der Waals surface area contributed by atoms with Crippen LogP contribution >= 0.6 is 0 Å². The zero-order valence-corrected chi connectivity index (χ0v) is 25.7. The molecule has 0 aliphatic heterocycles. The van der Waals surface area contributed by atoms with Crippen molar-refractivity contribution >= 4 is 29.7 Å². The highest BCUT2D eigenvalue weighted by molar-refractivity contribution is 5.94. The monoisotopic (exact) mass is 614 g/mol. The summed E-state index contributed by atoms with van der Waals surface area (Å²) in [5.74, 6) is -0.734. The summed E-state index contributed by atoms with van der Waals surface area (Å²) in [7, 11) is 0. The molecular formula is C34H40N5O6. The van der Waals surface area contributed by atoms with Crippen LogP contribution in [0.25, 0.3) is 11.1 Å². The van der Waals surface area contributed by atoms with Crippen molar-refractivity contribution in [2.24, 2.45) is 11.7 Å². The summed E-state index contributed by atoms with van der Waals surface area (Å²) in [5.41, 5.74) is 16.1. The van der Waals surface area contributed by atoms with Gasteiger partial charge in [0.1, 0.15) is 19.3 Å². The number of amides is 4. The molecule has 2 atom stereocenters. The van der Waals surface area contributed by atoms with Crippen LogP contribution in [-0.4, -0.2) is 42.7 Å². The molecule has 1 radical (unpaired) electrons. The van der Waals surface area contributed by atoms with Crippen molar-refractivity contribution in [2.75, 3.05) is 11.9 Å². The Hall–Kier alpha value is -4.90. The summed E-state index contributed by atoms with van der Waals surface area (Å²) in [6, 6.07) is 21.2. The second kappa shape index (κ2) is 15.7. The molecule has 6 N–H and O–H groups in total. The van der Waals surface area contributed by atoms with Gasteiger partial charge in [-0.25, -0.2) is 15.0 Å². The second-order valence-corrected chi connectivity index (χ2v) is 11.3. The molecule has 0 saturated heterocycles. The standard InChI is InChI=1S/C34H40N5O6/c1-4-9-30(37-33(42)44-19-22-14-16-23(17-15-22)36-31(40)29(35)18-21(2)3)32(41)38-39-34(43)45-20-28-26-12-7-5-10-24(26)25-11-6-8-13-27(25)28/h4-8,10-17,21,28-30H,9,18-20,35H2,1-3H3,(H,36,40)(H,37,42)(H,38,41)(H,39,43)/t29-,30+/m0/s1. The van der Waals surface area contributed by atoms with Gasteiger partial charge >= 0.3 is 12.2 Å². The quantitative estimate of drug-likeness (QED) is 0.184. The highest BCUT2D eigenvalue weighted by atomic mass is 16.6. The zero-order chi connectivity index (χ0) is 32.3. The van der Waals surface area contributed by atoms with Gasteiger partial charge in [-0.05, 0) is 65.1 Å². The minimum absolute atomic E-state index is 0.0604. The summed E-state index contributed by atoms with van der Waals surface area (Å²) in [6.07, 6.45) is 0.842. The molecule has 1 aliphatic rings. The minimum Gasteiger partial charge on any atom is -0.447 e. The minimum atomic E-state index is -0.996. The van der Waals surface area contributed by atoms with Crippen LogP contribution in [0, 0.1) is 12.3 Å². The Labute approximate surface area is 263 Å². The molecule has 11 heteroatoms. The third-order valence-electron chi connectivity index (χ3n) is 7.36. The molecule has 0 bridgehead atoms. The molecular weight excluding hydrogens is 574 g/mol. The number of carbonyl (C=O) groups is 4. The van der Waals surface area contributed by atoms with Crippen LogP contribution < -0.4 is 27.2 Å². The number of rotatable bonds is 12. The summed E-state index contributed by atoms with van der Waals surface area (Å²) >= 11 is 0. The molecule has 0 fully saturated rings. The van der Waals surface area contributed by atoms with Gasteiger partial charge in [-0.1, -0.05) is 81.4 Å². The first-order valence-electron chi connectivity index (χ1n) is 14.9. The molecule has 0 aromatic heterocycles. The Bertz CT molecular complexity index is 1450. The van der Waals surface area contributed by atoms with Crippen LogP contribution in [0.15, 0.2) is 72.8 Å². The lowest BCUT2D eigenvalue weighted by Gasteiger charge is -2.18. The highest BCUT2D eigenvalue weighted by Gasteiger charge is 2.29. The smallest absolute Gasteiger partial charge is 0.426 e. The van der Waals surface area contributed by atoms with E-state index in [1.54, 1.807) is 37.6 Å². The van der Waals surface area contributed by atoms with Gasteiger partial charge in [0.05, 0.1) is 6.04 Å². The zero-order valence-electron chi connectivity index (χ0n) is 25.7. The van der Waals surface area contributed by atoms with E-state index in [1.807, 2.05) is 62.4 Å². The molecule has 0 saturated carbocycles. The molecule has 4 amide bonds. The highest BCUT2D eigenvalue weighted by Crippen LogP contribution is 2.44. The fraction of sp³-hybridized carbons (Fsp3) is 0.324. The molecule has 0 spiro atoms. The SMILES string of the molecule is C[CH]C[C@@H](NC(=O)OCc1ccc(NC(=O)[C@@H](N)CC(C)C)cc1)C(=O)NNC(=O)OCC1c2ccccc2-c2ccccc21.